The largest absolute Gasteiger partial charge is 0.367 e. The molecule has 0 aliphatic carbocycles. The number of carbonyl (C=O) groups is 1. The van der Waals surface area contributed by atoms with Crippen LogP contribution in [0.3, 0.4) is 0 Å². The van der Waals surface area contributed by atoms with Gasteiger partial charge in [0.1, 0.15) is 17.2 Å². The Labute approximate surface area is 181 Å². The van der Waals surface area contributed by atoms with Crippen LogP contribution >= 0.6 is 11.3 Å². The van der Waals surface area contributed by atoms with Gasteiger partial charge in [-0.25, -0.2) is 4.98 Å². The Balaban J connectivity index is 1.37. The normalized spacial score (nSPS) is 20.6. The summed E-state index contributed by atoms with van der Waals surface area (Å²) in [7, 11) is 2.14. The molecule has 3 heterocycles. The summed E-state index contributed by atoms with van der Waals surface area (Å²) in [6.45, 7) is 3.90. The number of carbonyl (C=O) groups excluding carboxylic acids is 1. The van der Waals surface area contributed by atoms with Gasteiger partial charge in [-0.1, -0.05) is 24.3 Å². The topological polar surface area (TPSA) is 90.3 Å². The standard InChI is InChI=1S/C22H27N5O2S/c1-27-9-7-18-20(14-27)30-22(26-18)16-5-3-15(4-6-16)11-17(12-23)25-21(28)19-13-24-8-2-10-29-19/h3-6,17,19,24H,2,7-11,13-14H2,1H3,(H,25,28)/t17-,19-/m0/s1. The number of nitrogens with zero attached hydrogens (tertiary/aromatic N) is 3. The average Bonchev–Trinajstić information content (AvgIpc) is 2.98. The Bertz CT molecular complexity index is 913. The van der Waals surface area contributed by atoms with Gasteiger partial charge in [0.25, 0.3) is 5.91 Å². The van der Waals surface area contributed by atoms with E-state index >= 15 is 0 Å². The van der Waals surface area contributed by atoms with Crippen LogP contribution in [-0.2, 0) is 28.9 Å². The highest BCUT2D eigenvalue weighted by molar-refractivity contribution is 7.15. The zero-order chi connectivity index (χ0) is 20.9. The molecule has 30 heavy (non-hydrogen) atoms. The van der Waals surface area contributed by atoms with E-state index in [0.717, 1.165) is 48.6 Å². The number of aromatic nitrogens is 1. The van der Waals surface area contributed by atoms with E-state index in [0.29, 0.717) is 19.6 Å². The molecular formula is C22H27N5O2S. The molecular weight excluding hydrogens is 398 g/mol. The van der Waals surface area contributed by atoms with E-state index < -0.39 is 12.1 Å². The van der Waals surface area contributed by atoms with E-state index in [1.807, 2.05) is 12.1 Å². The first-order valence-electron chi connectivity index (χ1n) is 10.4. The second-order valence-electron chi connectivity index (χ2n) is 7.89. The van der Waals surface area contributed by atoms with Crippen molar-refractivity contribution in [1.82, 2.24) is 20.5 Å². The number of likely N-dealkylation sites (N-methyl/N-ethyl adjacent to an activating group) is 1. The first-order chi connectivity index (χ1) is 14.6. The average molecular weight is 426 g/mol. The lowest BCUT2D eigenvalue weighted by atomic mass is 10.0. The Hall–Kier alpha value is -2.31. The van der Waals surface area contributed by atoms with Gasteiger partial charge in [-0.3, -0.25) is 4.79 Å². The fraction of sp³-hybridized carbons (Fsp3) is 0.500. The van der Waals surface area contributed by atoms with Gasteiger partial charge in [-0.05, 0) is 25.6 Å². The number of nitrogens with one attached hydrogen (secondary N) is 2. The monoisotopic (exact) mass is 425 g/mol. The van der Waals surface area contributed by atoms with E-state index in [1.54, 1.807) is 11.3 Å². The second-order valence-corrected chi connectivity index (χ2v) is 8.97. The second kappa shape index (κ2) is 9.67. The number of fused-ring (bicyclic) bond motifs is 1. The van der Waals surface area contributed by atoms with Crippen molar-refractivity contribution in [2.24, 2.45) is 0 Å². The third-order valence-corrected chi connectivity index (χ3v) is 6.61. The van der Waals surface area contributed by atoms with E-state index in [1.165, 1.54) is 10.6 Å². The molecule has 1 aromatic heterocycles. The highest BCUT2D eigenvalue weighted by Gasteiger charge is 2.23. The maximum Gasteiger partial charge on any atom is 0.251 e. The van der Waals surface area contributed by atoms with Crippen molar-refractivity contribution in [3.8, 4) is 16.6 Å². The number of thiazole rings is 1. The van der Waals surface area contributed by atoms with Crippen LogP contribution in [-0.4, -0.2) is 61.2 Å². The lowest BCUT2D eigenvalue weighted by Gasteiger charge is -2.20. The molecule has 1 saturated heterocycles. The van der Waals surface area contributed by atoms with Crippen LogP contribution in [0.4, 0.5) is 0 Å². The minimum absolute atomic E-state index is 0.231. The summed E-state index contributed by atoms with van der Waals surface area (Å²) < 4.78 is 5.57. The van der Waals surface area contributed by atoms with Crippen LogP contribution in [0.1, 0.15) is 22.6 Å². The Morgan fingerprint density at radius 1 is 1.47 bits per heavy atom. The number of amides is 1. The molecule has 0 spiro atoms. The van der Waals surface area contributed by atoms with Crippen molar-refractivity contribution in [3.05, 3.63) is 40.4 Å². The Kier molecular flexibility index (Phi) is 6.75. The molecule has 158 valence electrons. The summed E-state index contributed by atoms with van der Waals surface area (Å²) in [4.78, 5) is 20.9. The predicted octanol–water partition coefficient (Wildman–Crippen LogP) is 1.73. The zero-order valence-electron chi connectivity index (χ0n) is 17.2. The van der Waals surface area contributed by atoms with Crippen molar-refractivity contribution in [1.29, 1.82) is 5.26 Å². The maximum atomic E-state index is 12.4. The summed E-state index contributed by atoms with van der Waals surface area (Å²) in [5, 5.41) is 16.6. The number of nitriles is 1. The number of rotatable bonds is 5. The highest BCUT2D eigenvalue weighted by atomic mass is 32.1. The molecule has 1 fully saturated rings. The summed E-state index contributed by atoms with van der Waals surface area (Å²) in [5.74, 6) is -0.231. The van der Waals surface area contributed by atoms with Gasteiger partial charge >= 0.3 is 0 Å². The predicted molar refractivity (Wildman–Crippen MR) is 116 cm³/mol. The van der Waals surface area contributed by atoms with Crippen molar-refractivity contribution in [2.45, 2.75) is 38.0 Å². The minimum atomic E-state index is -0.585. The van der Waals surface area contributed by atoms with Crippen molar-refractivity contribution in [3.63, 3.8) is 0 Å². The highest BCUT2D eigenvalue weighted by Crippen LogP contribution is 2.31. The van der Waals surface area contributed by atoms with Crippen molar-refractivity contribution >= 4 is 17.2 Å². The lowest BCUT2D eigenvalue weighted by molar-refractivity contribution is -0.132. The molecule has 7 nitrogen and oxygen atoms in total. The number of hydrogen-bond donors (Lipinski definition) is 2. The molecule has 0 radical (unpaired) electrons. The SMILES string of the molecule is CN1CCc2nc(-c3ccc(C[C@@H](C#N)NC(=O)[C@@H]4CNCCCO4)cc3)sc2C1. The van der Waals surface area contributed by atoms with Crippen LogP contribution in [0.2, 0.25) is 0 Å². The third kappa shape index (κ3) is 5.05. The molecule has 8 heteroatoms. The van der Waals surface area contributed by atoms with Crippen LogP contribution in [0.25, 0.3) is 10.6 Å². The quantitative estimate of drug-likeness (QED) is 0.758. The molecule has 0 unspecified atom stereocenters. The van der Waals surface area contributed by atoms with E-state index in [2.05, 4.69) is 40.8 Å². The Morgan fingerprint density at radius 3 is 3.10 bits per heavy atom. The fourth-order valence-electron chi connectivity index (χ4n) is 3.74. The van der Waals surface area contributed by atoms with Gasteiger partial charge in [-0.2, -0.15) is 5.26 Å². The molecule has 2 N–H and O–H groups in total. The number of benzene rings is 1. The van der Waals surface area contributed by atoms with Crippen molar-refractivity contribution in [2.75, 3.05) is 33.3 Å². The Morgan fingerprint density at radius 2 is 2.30 bits per heavy atom. The molecule has 2 aromatic rings. The van der Waals surface area contributed by atoms with Crippen LogP contribution < -0.4 is 10.6 Å². The van der Waals surface area contributed by atoms with E-state index in [-0.39, 0.29) is 5.91 Å². The smallest absolute Gasteiger partial charge is 0.251 e. The first kappa shape index (κ1) is 20.9. The zero-order valence-corrected chi connectivity index (χ0v) is 18.0. The fourth-order valence-corrected chi connectivity index (χ4v) is 4.94. The van der Waals surface area contributed by atoms with Gasteiger partial charge < -0.3 is 20.3 Å². The molecule has 4 rings (SSSR count). The summed E-state index contributed by atoms with van der Waals surface area (Å²) in [6.07, 6.45) is 1.81. The van der Waals surface area contributed by atoms with Gasteiger partial charge in [0.2, 0.25) is 0 Å². The summed E-state index contributed by atoms with van der Waals surface area (Å²) in [6, 6.07) is 9.75. The minimum Gasteiger partial charge on any atom is -0.367 e. The number of ether oxygens (including phenoxy) is 1. The molecule has 2 aliphatic heterocycles. The van der Waals surface area contributed by atoms with Gasteiger partial charge in [0.15, 0.2) is 0 Å². The van der Waals surface area contributed by atoms with Crippen LogP contribution in [0, 0.1) is 11.3 Å². The molecule has 1 aromatic carbocycles. The lowest BCUT2D eigenvalue weighted by Crippen LogP contribution is -2.46. The van der Waals surface area contributed by atoms with Gasteiger partial charge in [0.05, 0.1) is 11.8 Å². The van der Waals surface area contributed by atoms with Crippen molar-refractivity contribution < 1.29 is 9.53 Å². The molecule has 1 amide bonds. The van der Waals surface area contributed by atoms with E-state index in [9.17, 15) is 10.1 Å². The molecule has 0 saturated carbocycles. The first-order valence-corrected chi connectivity index (χ1v) is 11.2. The van der Waals surface area contributed by atoms with Crippen LogP contribution in [0.5, 0.6) is 0 Å². The third-order valence-electron chi connectivity index (χ3n) is 5.47. The maximum absolute atomic E-state index is 12.4. The summed E-state index contributed by atoms with van der Waals surface area (Å²) in [5.41, 5.74) is 3.32. The van der Waals surface area contributed by atoms with Gasteiger partial charge in [0, 0.05) is 49.5 Å². The van der Waals surface area contributed by atoms with Crippen LogP contribution in [0.15, 0.2) is 24.3 Å². The van der Waals surface area contributed by atoms with E-state index in [4.69, 9.17) is 9.72 Å². The molecule has 0 bridgehead atoms. The molecule has 2 aliphatic rings. The molecule has 2 atom stereocenters. The summed E-state index contributed by atoms with van der Waals surface area (Å²) >= 11 is 1.76. The van der Waals surface area contributed by atoms with Gasteiger partial charge in [-0.15, -0.1) is 11.3 Å². The number of hydrogen-bond acceptors (Lipinski definition) is 7.